The van der Waals surface area contributed by atoms with Crippen molar-refractivity contribution in [2.75, 3.05) is 18.5 Å². The van der Waals surface area contributed by atoms with Crippen LogP contribution < -0.4 is 10.6 Å². The van der Waals surface area contributed by atoms with Crippen molar-refractivity contribution >= 4 is 23.4 Å². The summed E-state index contributed by atoms with van der Waals surface area (Å²) in [5, 5.41) is 14.9. The number of nitrogens with zero attached hydrogens (tertiary/aromatic N) is 1. The first-order valence-corrected chi connectivity index (χ1v) is 9.40. The number of carbonyl (C=O) groups excluding carboxylic acids is 3. The van der Waals surface area contributed by atoms with E-state index in [0.717, 1.165) is 23.3 Å². The summed E-state index contributed by atoms with van der Waals surface area (Å²) in [4.78, 5) is 37.0. The first-order chi connectivity index (χ1) is 13.1. The van der Waals surface area contributed by atoms with Crippen molar-refractivity contribution in [2.24, 2.45) is 0 Å². The van der Waals surface area contributed by atoms with Crippen LogP contribution in [0.2, 0.25) is 0 Å². The number of hydrogen-bond donors (Lipinski definition) is 3. The Morgan fingerprint density at radius 2 is 1.81 bits per heavy atom. The predicted octanol–water partition coefficient (Wildman–Crippen LogP) is 1.33. The van der Waals surface area contributed by atoms with Crippen LogP contribution in [-0.2, 0) is 20.8 Å². The lowest BCUT2D eigenvalue weighted by Gasteiger charge is -2.22. The van der Waals surface area contributed by atoms with Crippen LogP contribution in [0.4, 0.5) is 5.69 Å². The van der Waals surface area contributed by atoms with Gasteiger partial charge in [-0.15, -0.1) is 0 Å². The lowest BCUT2D eigenvalue weighted by molar-refractivity contribution is -0.137. The van der Waals surface area contributed by atoms with Gasteiger partial charge in [0.25, 0.3) is 11.8 Å². The molecule has 0 aromatic heterocycles. The number of anilines is 1. The zero-order valence-electron chi connectivity index (χ0n) is 15.2. The number of carbonyl (C=O) groups is 3. The minimum Gasteiger partial charge on any atom is -0.395 e. The fourth-order valence-electron chi connectivity index (χ4n) is 3.48. The van der Waals surface area contributed by atoms with Crippen LogP contribution in [0.3, 0.4) is 0 Å². The fourth-order valence-corrected chi connectivity index (χ4v) is 3.48. The molecule has 27 heavy (non-hydrogen) atoms. The van der Waals surface area contributed by atoms with E-state index in [9.17, 15) is 14.4 Å². The van der Waals surface area contributed by atoms with Crippen LogP contribution in [-0.4, -0.2) is 46.9 Å². The molecule has 0 spiro atoms. The van der Waals surface area contributed by atoms with E-state index in [1.54, 1.807) is 12.1 Å². The maximum atomic E-state index is 12.2. The van der Waals surface area contributed by atoms with Crippen molar-refractivity contribution in [3.63, 3.8) is 0 Å². The number of nitrogens with one attached hydrogen (secondary N) is 2. The van der Waals surface area contributed by atoms with Crippen LogP contribution in [0.15, 0.2) is 36.0 Å². The van der Waals surface area contributed by atoms with Gasteiger partial charge in [-0.1, -0.05) is 31.4 Å². The quantitative estimate of drug-likeness (QED) is 0.628. The molecule has 0 saturated heterocycles. The number of amides is 3. The van der Waals surface area contributed by atoms with Gasteiger partial charge in [0.05, 0.1) is 19.6 Å². The Morgan fingerprint density at radius 1 is 1.11 bits per heavy atom. The molecule has 144 valence electrons. The van der Waals surface area contributed by atoms with Gasteiger partial charge >= 0.3 is 0 Å². The fraction of sp³-hybridized carbons (Fsp3) is 0.450. The molecular weight excluding hydrogens is 346 g/mol. The van der Waals surface area contributed by atoms with Gasteiger partial charge in [-0.2, -0.15) is 0 Å². The number of aliphatic hydroxyl groups is 1. The van der Waals surface area contributed by atoms with E-state index >= 15 is 0 Å². The highest BCUT2D eigenvalue weighted by Crippen LogP contribution is 2.19. The smallest absolute Gasteiger partial charge is 0.277 e. The van der Waals surface area contributed by atoms with Gasteiger partial charge in [0, 0.05) is 17.8 Å². The summed E-state index contributed by atoms with van der Waals surface area (Å²) in [6, 6.07) is 7.51. The van der Waals surface area contributed by atoms with E-state index in [4.69, 9.17) is 5.11 Å². The maximum absolute atomic E-state index is 12.2. The Kier molecular flexibility index (Phi) is 6.24. The van der Waals surface area contributed by atoms with Crippen LogP contribution in [0.1, 0.15) is 37.7 Å². The van der Waals surface area contributed by atoms with E-state index in [0.29, 0.717) is 18.2 Å². The summed E-state index contributed by atoms with van der Waals surface area (Å²) in [6.45, 7) is -0.287. The molecule has 0 unspecified atom stereocenters. The van der Waals surface area contributed by atoms with Gasteiger partial charge in [-0.25, -0.2) is 0 Å². The zero-order valence-corrected chi connectivity index (χ0v) is 15.2. The van der Waals surface area contributed by atoms with E-state index < -0.39 is 11.8 Å². The largest absolute Gasteiger partial charge is 0.395 e. The lowest BCUT2D eigenvalue weighted by atomic mass is 9.95. The molecule has 1 heterocycles. The third-order valence-electron chi connectivity index (χ3n) is 4.90. The lowest BCUT2D eigenvalue weighted by Crippen LogP contribution is -2.37. The third kappa shape index (κ3) is 4.95. The maximum Gasteiger partial charge on any atom is 0.277 e. The molecule has 1 aromatic rings. The van der Waals surface area contributed by atoms with Crippen molar-refractivity contribution in [2.45, 2.75) is 44.6 Å². The van der Waals surface area contributed by atoms with Crippen molar-refractivity contribution in [1.29, 1.82) is 0 Å². The van der Waals surface area contributed by atoms with Gasteiger partial charge in [0.1, 0.15) is 5.70 Å². The Hall–Kier alpha value is -2.67. The first-order valence-electron chi connectivity index (χ1n) is 9.40. The summed E-state index contributed by atoms with van der Waals surface area (Å²) in [6.07, 6.45) is 7.28. The SMILES string of the molecule is O=C(Cc1ccc(NC2=CC(=O)N(CCO)C2=O)cc1)NC1CCCCC1. The van der Waals surface area contributed by atoms with Crippen LogP contribution in [0.25, 0.3) is 0 Å². The van der Waals surface area contributed by atoms with Gasteiger partial charge in [0.15, 0.2) is 0 Å². The average Bonchev–Trinajstić information content (AvgIpc) is 2.92. The molecule has 1 aromatic carbocycles. The average molecular weight is 371 g/mol. The highest BCUT2D eigenvalue weighted by Gasteiger charge is 2.30. The molecule has 2 aliphatic rings. The second kappa shape index (κ2) is 8.81. The Labute approximate surface area is 158 Å². The Morgan fingerprint density at radius 3 is 2.48 bits per heavy atom. The minimum atomic E-state index is -0.454. The number of β-amino-alcohol motifs (C(OH)–C–C–N with tert-alkyl or cyclic N) is 1. The molecule has 3 amide bonds. The monoisotopic (exact) mass is 371 g/mol. The van der Waals surface area contributed by atoms with Crippen LogP contribution >= 0.6 is 0 Å². The van der Waals surface area contributed by atoms with E-state index in [2.05, 4.69) is 10.6 Å². The summed E-state index contributed by atoms with van der Waals surface area (Å²) < 4.78 is 0. The molecule has 1 aliphatic heterocycles. The van der Waals surface area contributed by atoms with Crippen molar-refractivity contribution < 1.29 is 19.5 Å². The van der Waals surface area contributed by atoms with E-state index in [1.165, 1.54) is 25.3 Å². The summed E-state index contributed by atoms with van der Waals surface area (Å²) >= 11 is 0. The molecule has 1 fully saturated rings. The van der Waals surface area contributed by atoms with Crippen LogP contribution in [0, 0.1) is 0 Å². The summed E-state index contributed by atoms with van der Waals surface area (Å²) in [5.41, 5.74) is 1.72. The second-order valence-electron chi connectivity index (χ2n) is 6.98. The molecule has 0 bridgehead atoms. The molecular formula is C20H25N3O4. The zero-order chi connectivity index (χ0) is 19.2. The van der Waals surface area contributed by atoms with Crippen molar-refractivity contribution in [3.8, 4) is 0 Å². The summed E-state index contributed by atoms with van der Waals surface area (Å²) in [5.74, 6) is -0.862. The second-order valence-corrected chi connectivity index (χ2v) is 6.98. The first kappa shape index (κ1) is 19.1. The number of rotatable bonds is 7. The molecule has 0 radical (unpaired) electrons. The van der Waals surface area contributed by atoms with E-state index in [1.807, 2.05) is 12.1 Å². The molecule has 3 rings (SSSR count). The number of benzene rings is 1. The van der Waals surface area contributed by atoms with Crippen molar-refractivity contribution in [3.05, 3.63) is 41.6 Å². The van der Waals surface area contributed by atoms with Gasteiger partial charge < -0.3 is 15.7 Å². The molecule has 7 nitrogen and oxygen atoms in total. The Balaban J connectivity index is 1.53. The van der Waals surface area contributed by atoms with Gasteiger partial charge in [-0.3, -0.25) is 19.3 Å². The topological polar surface area (TPSA) is 98.7 Å². The highest BCUT2D eigenvalue weighted by molar-refractivity contribution is 6.17. The molecule has 7 heteroatoms. The number of hydrogen-bond acceptors (Lipinski definition) is 5. The Bertz CT molecular complexity index is 736. The predicted molar refractivity (Wildman–Crippen MR) is 101 cm³/mol. The van der Waals surface area contributed by atoms with Crippen LogP contribution in [0.5, 0.6) is 0 Å². The summed E-state index contributed by atoms with van der Waals surface area (Å²) in [7, 11) is 0. The highest BCUT2D eigenvalue weighted by atomic mass is 16.3. The molecule has 1 saturated carbocycles. The normalized spacial score (nSPS) is 17.8. The van der Waals surface area contributed by atoms with Gasteiger partial charge in [-0.05, 0) is 30.5 Å². The standard InChI is InChI=1S/C20H25N3O4/c24-11-10-23-19(26)13-17(20(23)27)21-16-8-6-14(7-9-16)12-18(25)22-15-4-2-1-3-5-15/h6-9,13,15,21,24H,1-5,10-12H2,(H,22,25). The molecule has 3 N–H and O–H groups in total. The van der Waals surface area contributed by atoms with Crippen molar-refractivity contribution in [1.82, 2.24) is 10.2 Å². The van der Waals surface area contributed by atoms with E-state index in [-0.39, 0.29) is 24.8 Å². The third-order valence-corrected chi connectivity index (χ3v) is 4.90. The minimum absolute atomic E-state index is 0.0195. The molecule has 1 aliphatic carbocycles. The molecule has 0 atom stereocenters. The van der Waals surface area contributed by atoms with Gasteiger partial charge in [0.2, 0.25) is 5.91 Å². The number of aliphatic hydroxyl groups excluding tert-OH is 1. The number of imide groups is 1.